The van der Waals surface area contributed by atoms with Crippen molar-refractivity contribution in [1.82, 2.24) is 0 Å². The summed E-state index contributed by atoms with van der Waals surface area (Å²) < 4.78 is 0. The van der Waals surface area contributed by atoms with Crippen LogP contribution in [0, 0.1) is 0 Å². The molecule has 0 fully saturated rings. The molecule has 0 aromatic carbocycles. The summed E-state index contributed by atoms with van der Waals surface area (Å²) in [6.45, 7) is 0.710. The number of hydrogen-bond donors (Lipinski definition) is 2. The van der Waals surface area contributed by atoms with Gasteiger partial charge in [-0.2, -0.15) is 0 Å². The van der Waals surface area contributed by atoms with Gasteiger partial charge in [0, 0.05) is 13.2 Å². The lowest BCUT2D eigenvalue weighted by molar-refractivity contribution is 0.282. The van der Waals surface area contributed by atoms with E-state index in [9.17, 15) is 0 Å². The lowest BCUT2D eigenvalue weighted by Gasteiger charge is -2.10. The van der Waals surface area contributed by atoms with Crippen molar-refractivity contribution in [3.05, 3.63) is 0 Å². The zero-order chi connectivity index (χ0) is 14.9. The number of rotatable bonds is 16. The molecule has 0 amide bonds. The van der Waals surface area contributed by atoms with E-state index >= 15 is 0 Å². The Balaban J connectivity index is 3.11. The number of unbranched alkanes of at least 4 members (excludes halogenated alkanes) is 10. The lowest BCUT2D eigenvalue weighted by Crippen LogP contribution is -1.98. The minimum atomic E-state index is 0.355. The van der Waals surface area contributed by atoms with Gasteiger partial charge in [-0.1, -0.05) is 64.2 Å². The van der Waals surface area contributed by atoms with Gasteiger partial charge >= 0.3 is 0 Å². The van der Waals surface area contributed by atoms with Crippen LogP contribution in [0.1, 0.15) is 89.9 Å². The van der Waals surface area contributed by atoms with E-state index in [1.165, 1.54) is 77.0 Å². The third-order valence-corrected chi connectivity index (χ3v) is 4.63. The van der Waals surface area contributed by atoms with Crippen LogP contribution in [0.15, 0.2) is 0 Å². The van der Waals surface area contributed by atoms with Crippen molar-refractivity contribution in [3.8, 4) is 0 Å². The first-order chi connectivity index (χ1) is 9.81. The SMILES string of the molecule is OCCCCCCCCC(P)CCCCCCCCO. The lowest BCUT2D eigenvalue weighted by atomic mass is 10.0. The van der Waals surface area contributed by atoms with Crippen molar-refractivity contribution in [2.45, 2.75) is 95.6 Å². The van der Waals surface area contributed by atoms with E-state index in [1.807, 2.05) is 0 Å². The van der Waals surface area contributed by atoms with E-state index in [4.69, 9.17) is 10.2 Å². The van der Waals surface area contributed by atoms with Crippen LogP contribution in [0.3, 0.4) is 0 Å². The fraction of sp³-hybridized carbons (Fsp3) is 1.00. The first-order valence-electron chi connectivity index (χ1n) is 8.78. The summed E-state index contributed by atoms with van der Waals surface area (Å²) in [6.07, 6.45) is 17.7. The van der Waals surface area contributed by atoms with Crippen LogP contribution in [0.2, 0.25) is 0 Å². The standard InChI is InChI=1S/C17H37O2P/c18-15-11-7-3-1-5-9-13-17(20)14-10-6-2-4-8-12-16-19/h17-19H,1-16,20H2. The fourth-order valence-corrected chi connectivity index (χ4v) is 3.07. The van der Waals surface area contributed by atoms with E-state index in [0.29, 0.717) is 13.2 Å². The Morgan fingerprint density at radius 3 is 1.15 bits per heavy atom. The summed E-state index contributed by atoms with van der Waals surface area (Å²) in [4.78, 5) is 0. The zero-order valence-corrected chi connectivity index (χ0v) is 14.5. The highest BCUT2D eigenvalue weighted by Gasteiger charge is 2.02. The van der Waals surface area contributed by atoms with Gasteiger partial charge in [0.2, 0.25) is 0 Å². The first-order valence-corrected chi connectivity index (χ1v) is 9.45. The van der Waals surface area contributed by atoms with E-state index in [0.717, 1.165) is 18.5 Å². The summed E-state index contributed by atoms with van der Waals surface area (Å²) in [5, 5.41) is 17.4. The van der Waals surface area contributed by atoms with Crippen LogP contribution in [-0.2, 0) is 0 Å². The van der Waals surface area contributed by atoms with E-state index in [-0.39, 0.29) is 0 Å². The van der Waals surface area contributed by atoms with Gasteiger partial charge in [-0.3, -0.25) is 0 Å². The summed E-state index contributed by atoms with van der Waals surface area (Å²) in [5.41, 5.74) is 0.810. The molecule has 0 radical (unpaired) electrons. The summed E-state index contributed by atoms with van der Waals surface area (Å²) >= 11 is 0. The van der Waals surface area contributed by atoms with Crippen LogP contribution >= 0.6 is 9.24 Å². The molecule has 0 aliphatic carbocycles. The van der Waals surface area contributed by atoms with Crippen molar-refractivity contribution in [1.29, 1.82) is 0 Å². The van der Waals surface area contributed by atoms with Crippen LogP contribution in [0.4, 0.5) is 0 Å². The summed E-state index contributed by atoms with van der Waals surface area (Å²) in [6, 6.07) is 0. The Kier molecular flexibility index (Phi) is 17.7. The molecule has 0 saturated heterocycles. The van der Waals surface area contributed by atoms with Gasteiger partial charge in [0.1, 0.15) is 0 Å². The van der Waals surface area contributed by atoms with Crippen molar-refractivity contribution in [2.24, 2.45) is 0 Å². The van der Waals surface area contributed by atoms with Gasteiger partial charge in [0.15, 0.2) is 0 Å². The maximum atomic E-state index is 8.69. The normalized spacial score (nSPS) is 11.4. The van der Waals surface area contributed by atoms with Gasteiger partial charge in [0.05, 0.1) is 0 Å². The van der Waals surface area contributed by atoms with Crippen LogP contribution < -0.4 is 0 Å². The molecule has 0 aliphatic heterocycles. The van der Waals surface area contributed by atoms with Crippen LogP contribution in [0.5, 0.6) is 0 Å². The first kappa shape index (κ1) is 20.3. The van der Waals surface area contributed by atoms with E-state index in [1.54, 1.807) is 0 Å². The highest BCUT2D eigenvalue weighted by molar-refractivity contribution is 7.17. The summed E-state index contributed by atoms with van der Waals surface area (Å²) in [5.74, 6) is 0. The predicted octanol–water partition coefficient (Wildman–Crippen LogP) is 4.68. The van der Waals surface area contributed by atoms with Gasteiger partial charge in [-0.05, 0) is 31.3 Å². The van der Waals surface area contributed by atoms with Gasteiger partial charge in [-0.25, -0.2) is 0 Å². The average molecular weight is 304 g/mol. The maximum absolute atomic E-state index is 8.69. The highest BCUT2D eigenvalue weighted by atomic mass is 31.0. The Morgan fingerprint density at radius 1 is 0.500 bits per heavy atom. The maximum Gasteiger partial charge on any atom is 0.0431 e. The molecule has 0 saturated carbocycles. The topological polar surface area (TPSA) is 40.5 Å². The monoisotopic (exact) mass is 304 g/mol. The smallest absolute Gasteiger partial charge is 0.0431 e. The Hall–Kier alpha value is 0.350. The Labute approximate surface area is 128 Å². The predicted molar refractivity (Wildman–Crippen MR) is 92.3 cm³/mol. The second-order valence-electron chi connectivity index (χ2n) is 6.03. The molecule has 0 aromatic heterocycles. The molecule has 0 aromatic rings. The second-order valence-corrected chi connectivity index (χ2v) is 6.97. The quantitative estimate of drug-likeness (QED) is 0.321. The Bertz CT molecular complexity index is 158. The fourth-order valence-electron chi connectivity index (χ4n) is 2.60. The van der Waals surface area contributed by atoms with E-state index in [2.05, 4.69) is 9.24 Å². The molecule has 0 spiro atoms. The number of aliphatic hydroxyl groups is 2. The molecular weight excluding hydrogens is 267 g/mol. The summed E-state index contributed by atoms with van der Waals surface area (Å²) in [7, 11) is 3.02. The Morgan fingerprint density at radius 2 is 0.800 bits per heavy atom. The molecule has 20 heavy (non-hydrogen) atoms. The molecule has 2 nitrogen and oxygen atoms in total. The minimum absolute atomic E-state index is 0.355. The van der Waals surface area contributed by atoms with Crippen molar-refractivity contribution < 1.29 is 10.2 Å². The molecule has 0 aliphatic rings. The number of aliphatic hydroxyl groups excluding tert-OH is 2. The van der Waals surface area contributed by atoms with Crippen molar-refractivity contribution >= 4 is 9.24 Å². The van der Waals surface area contributed by atoms with Crippen LogP contribution in [0.25, 0.3) is 0 Å². The molecule has 0 bridgehead atoms. The number of hydrogen-bond acceptors (Lipinski definition) is 2. The second kappa shape index (κ2) is 17.4. The molecule has 1 atom stereocenters. The molecule has 122 valence electrons. The molecule has 2 N–H and O–H groups in total. The molecule has 0 heterocycles. The highest BCUT2D eigenvalue weighted by Crippen LogP contribution is 2.19. The molecule has 0 rings (SSSR count). The third kappa shape index (κ3) is 16.4. The van der Waals surface area contributed by atoms with Crippen molar-refractivity contribution in [2.75, 3.05) is 13.2 Å². The van der Waals surface area contributed by atoms with E-state index < -0.39 is 0 Å². The zero-order valence-electron chi connectivity index (χ0n) is 13.4. The van der Waals surface area contributed by atoms with Crippen molar-refractivity contribution in [3.63, 3.8) is 0 Å². The molecular formula is C17H37O2P. The third-order valence-electron chi connectivity index (χ3n) is 3.97. The van der Waals surface area contributed by atoms with Gasteiger partial charge < -0.3 is 10.2 Å². The van der Waals surface area contributed by atoms with Gasteiger partial charge in [0.25, 0.3) is 0 Å². The largest absolute Gasteiger partial charge is 0.396 e. The molecule has 3 heteroatoms. The van der Waals surface area contributed by atoms with Gasteiger partial charge in [-0.15, -0.1) is 9.24 Å². The molecule has 1 unspecified atom stereocenters. The minimum Gasteiger partial charge on any atom is -0.396 e. The van der Waals surface area contributed by atoms with Crippen LogP contribution in [-0.4, -0.2) is 29.1 Å². The average Bonchev–Trinajstić information content (AvgIpc) is 2.45.